The van der Waals surface area contributed by atoms with Crippen LogP contribution in [0.25, 0.3) is 0 Å². The van der Waals surface area contributed by atoms with E-state index in [2.05, 4.69) is 20.3 Å². The number of hydrogen-bond donors (Lipinski definition) is 1. The van der Waals surface area contributed by atoms with E-state index in [-0.39, 0.29) is 27.2 Å². The molecular formula is C23H28N6O3. The Morgan fingerprint density at radius 3 is 2.50 bits per heavy atom. The summed E-state index contributed by atoms with van der Waals surface area (Å²) in [4.78, 5) is 41.7. The maximum atomic E-state index is 12.7. The number of aromatic nitrogens is 3. The summed E-state index contributed by atoms with van der Waals surface area (Å²) in [5.41, 5.74) is 1.73. The minimum absolute atomic E-state index is 0. The van der Waals surface area contributed by atoms with E-state index in [0.717, 1.165) is 5.56 Å². The van der Waals surface area contributed by atoms with Gasteiger partial charge in [-0.2, -0.15) is 0 Å². The Labute approximate surface area is 189 Å². The van der Waals surface area contributed by atoms with Gasteiger partial charge in [0.25, 0.3) is 5.91 Å². The lowest BCUT2D eigenvalue weighted by Crippen LogP contribution is -2.49. The van der Waals surface area contributed by atoms with Gasteiger partial charge in [-0.05, 0) is 24.6 Å². The highest BCUT2D eigenvalue weighted by Gasteiger charge is 2.24. The number of carbonyl (C=O) groups excluding carboxylic acids is 2. The third-order valence-corrected chi connectivity index (χ3v) is 5.13. The maximum Gasteiger partial charge on any atom is 0.410 e. The van der Waals surface area contributed by atoms with Crippen molar-refractivity contribution in [1.29, 1.82) is 0 Å². The van der Waals surface area contributed by atoms with Crippen LogP contribution in [0.5, 0.6) is 0 Å². The molecule has 0 radical (unpaired) electrons. The predicted octanol–water partition coefficient (Wildman–Crippen LogP) is 3.38. The average molecular weight is 437 g/mol. The summed E-state index contributed by atoms with van der Waals surface area (Å²) in [6.07, 6.45) is 2.92. The lowest BCUT2D eigenvalue weighted by atomic mass is 10.2. The fourth-order valence-corrected chi connectivity index (χ4v) is 3.35. The first-order valence-corrected chi connectivity index (χ1v) is 10.4. The van der Waals surface area contributed by atoms with E-state index in [9.17, 15) is 9.59 Å². The summed E-state index contributed by atoms with van der Waals surface area (Å²) >= 11 is 0. The minimum Gasteiger partial charge on any atom is -0.445 e. The van der Waals surface area contributed by atoms with E-state index < -0.39 is 0 Å². The Hall–Kier alpha value is -4.01. The first-order valence-electron chi connectivity index (χ1n) is 10.4. The molecule has 2 amide bonds. The smallest absolute Gasteiger partial charge is 0.410 e. The molecule has 9 nitrogen and oxygen atoms in total. The zero-order valence-electron chi connectivity index (χ0n) is 17.8. The number of carbonyl (C=O) groups is 2. The topological polar surface area (TPSA) is 101 Å². The van der Waals surface area contributed by atoms with Crippen molar-refractivity contribution in [3.05, 3.63) is 77.9 Å². The Morgan fingerprint density at radius 1 is 1.03 bits per heavy atom. The third-order valence-electron chi connectivity index (χ3n) is 5.13. The number of nitrogens with zero attached hydrogens (tertiary/aromatic N) is 5. The monoisotopic (exact) mass is 436 g/mol. The van der Waals surface area contributed by atoms with Crippen molar-refractivity contribution < 1.29 is 17.2 Å². The number of aryl methyl sites for hydroxylation is 1. The van der Waals surface area contributed by atoms with E-state index in [1.165, 1.54) is 0 Å². The first kappa shape index (κ1) is 21.2. The van der Waals surface area contributed by atoms with Gasteiger partial charge in [0, 0.05) is 35.2 Å². The van der Waals surface area contributed by atoms with Gasteiger partial charge in [0.15, 0.2) is 5.69 Å². The molecule has 1 N–H and O–H groups in total. The van der Waals surface area contributed by atoms with Crippen molar-refractivity contribution in [3.63, 3.8) is 0 Å². The Kier molecular flexibility index (Phi) is 6.54. The van der Waals surface area contributed by atoms with Crippen LogP contribution >= 0.6 is 0 Å². The lowest BCUT2D eigenvalue weighted by Gasteiger charge is -2.34. The number of amides is 2. The van der Waals surface area contributed by atoms with Gasteiger partial charge in [-0.1, -0.05) is 36.4 Å². The Bertz CT molecular complexity index is 1080. The molecule has 9 heteroatoms. The molecule has 2 aromatic heterocycles. The van der Waals surface area contributed by atoms with E-state index >= 15 is 0 Å². The summed E-state index contributed by atoms with van der Waals surface area (Å²) < 4.78 is 5.41. The second-order valence-electron chi connectivity index (χ2n) is 7.35. The van der Waals surface area contributed by atoms with Crippen molar-refractivity contribution >= 4 is 23.6 Å². The molecule has 0 atom stereocenters. The van der Waals surface area contributed by atoms with Gasteiger partial charge in [-0.25, -0.2) is 14.8 Å². The molecule has 0 saturated carbocycles. The van der Waals surface area contributed by atoms with Gasteiger partial charge in [0.2, 0.25) is 0 Å². The number of nitrogens with one attached hydrogen (secondary N) is 1. The molecule has 0 aliphatic carbocycles. The highest BCUT2D eigenvalue weighted by atomic mass is 16.6. The Morgan fingerprint density at radius 2 is 1.78 bits per heavy atom. The van der Waals surface area contributed by atoms with Crippen molar-refractivity contribution in [2.75, 3.05) is 36.4 Å². The summed E-state index contributed by atoms with van der Waals surface area (Å²) in [6.45, 7) is 4.12. The molecule has 1 fully saturated rings. The molecule has 1 aromatic carbocycles. The van der Waals surface area contributed by atoms with E-state index in [1.807, 2.05) is 35.2 Å². The van der Waals surface area contributed by atoms with Crippen molar-refractivity contribution in [3.8, 4) is 0 Å². The molecule has 0 unspecified atom stereocenters. The highest BCUT2D eigenvalue weighted by Crippen LogP contribution is 2.16. The second-order valence-corrected chi connectivity index (χ2v) is 7.35. The van der Waals surface area contributed by atoms with E-state index in [4.69, 9.17) is 4.74 Å². The van der Waals surface area contributed by atoms with Gasteiger partial charge < -0.3 is 19.9 Å². The van der Waals surface area contributed by atoms with Crippen LogP contribution in [0.4, 0.5) is 16.4 Å². The normalized spacial score (nSPS) is 13.5. The standard InChI is InChI=1S/C23H24N6O3.2H2/c1-17-21(22(30)26-19-9-5-6-10-24-19)27-20(15-25-17)28-11-13-29(14-12-28)23(31)32-16-18-7-3-2-4-8-18;;/h2-10,15H,11-14,16H2,1H3,(H,24,26,30);2*1H. The van der Waals surface area contributed by atoms with Gasteiger partial charge >= 0.3 is 6.09 Å². The molecule has 168 valence electrons. The highest BCUT2D eigenvalue weighted by molar-refractivity contribution is 6.03. The van der Waals surface area contributed by atoms with Crippen molar-refractivity contribution in [1.82, 2.24) is 19.9 Å². The van der Waals surface area contributed by atoms with Crippen LogP contribution in [0, 0.1) is 6.92 Å². The van der Waals surface area contributed by atoms with Gasteiger partial charge in [0.1, 0.15) is 18.2 Å². The predicted molar refractivity (Wildman–Crippen MR) is 124 cm³/mol. The summed E-state index contributed by atoms with van der Waals surface area (Å²) in [7, 11) is 0. The summed E-state index contributed by atoms with van der Waals surface area (Å²) in [5.74, 6) is 0.685. The van der Waals surface area contributed by atoms with E-state index in [0.29, 0.717) is 43.5 Å². The number of piperazine rings is 1. The van der Waals surface area contributed by atoms with Crippen LogP contribution in [0.3, 0.4) is 0 Å². The van der Waals surface area contributed by atoms with Crippen molar-refractivity contribution in [2.45, 2.75) is 13.5 Å². The molecule has 1 aliphatic rings. The molecule has 32 heavy (non-hydrogen) atoms. The quantitative estimate of drug-likeness (QED) is 0.654. The molecule has 4 rings (SSSR count). The number of benzene rings is 1. The van der Waals surface area contributed by atoms with Crippen LogP contribution in [0.1, 0.15) is 24.6 Å². The molecule has 0 spiro atoms. The summed E-state index contributed by atoms with van der Waals surface area (Å²) in [5, 5.41) is 2.74. The number of anilines is 2. The second kappa shape index (κ2) is 9.86. The van der Waals surface area contributed by atoms with Gasteiger partial charge in [-0.15, -0.1) is 0 Å². The van der Waals surface area contributed by atoms with Crippen LogP contribution in [0.2, 0.25) is 0 Å². The SMILES string of the molecule is Cc1ncc(N2CCN(C(=O)OCc3ccccc3)CC2)nc1C(=O)Nc1ccccn1.[HH].[HH]. The zero-order chi connectivity index (χ0) is 22.3. The van der Waals surface area contributed by atoms with Gasteiger partial charge in [-0.3, -0.25) is 9.78 Å². The largest absolute Gasteiger partial charge is 0.445 e. The van der Waals surface area contributed by atoms with E-state index in [1.54, 1.807) is 42.4 Å². The number of pyridine rings is 1. The van der Waals surface area contributed by atoms with Crippen LogP contribution < -0.4 is 10.2 Å². The maximum absolute atomic E-state index is 12.7. The van der Waals surface area contributed by atoms with Crippen LogP contribution in [-0.2, 0) is 11.3 Å². The lowest BCUT2D eigenvalue weighted by molar-refractivity contribution is 0.0941. The fourth-order valence-electron chi connectivity index (χ4n) is 3.35. The molecule has 3 aromatic rings. The average Bonchev–Trinajstić information content (AvgIpc) is 2.84. The number of hydrogen-bond acceptors (Lipinski definition) is 7. The third kappa shape index (κ3) is 5.18. The zero-order valence-corrected chi connectivity index (χ0v) is 17.8. The van der Waals surface area contributed by atoms with Crippen molar-refractivity contribution in [2.24, 2.45) is 0 Å². The molecule has 1 saturated heterocycles. The van der Waals surface area contributed by atoms with Crippen LogP contribution in [-0.4, -0.2) is 58.0 Å². The number of rotatable bonds is 5. The van der Waals surface area contributed by atoms with Gasteiger partial charge in [0.05, 0.1) is 11.9 Å². The first-order chi connectivity index (χ1) is 15.6. The molecular weight excluding hydrogens is 408 g/mol. The molecule has 3 heterocycles. The minimum atomic E-state index is -0.362. The fraction of sp³-hybridized carbons (Fsp3) is 0.261. The Balaban J connectivity index is 0.00000204. The molecule has 1 aliphatic heterocycles. The molecule has 0 bridgehead atoms. The summed E-state index contributed by atoms with van der Waals surface area (Å²) in [6, 6.07) is 14.9. The number of ether oxygens (including phenoxy) is 1. The van der Waals surface area contributed by atoms with Crippen LogP contribution in [0.15, 0.2) is 60.9 Å².